The average Bonchev–Trinajstić information content (AvgIpc) is 2.95. The van der Waals surface area contributed by atoms with Crippen molar-refractivity contribution in [3.63, 3.8) is 0 Å². The van der Waals surface area contributed by atoms with Crippen LogP contribution in [0.15, 0.2) is 30.3 Å². The van der Waals surface area contributed by atoms with Gasteiger partial charge in [0, 0.05) is 22.3 Å². The smallest absolute Gasteiger partial charge is 0.295 e. The number of hydrogen-bond donors (Lipinski definition) is 0. The van der Waals surface area contributed by atoms with Gasteiger partial charge < -0.3 is 9.05 Å². The summed E-state index contributed by atoms with van der Waals surface area (Å²) in [5.41, 5.74) is 6.39. The van der Waals surface area contributed by atoms with Gasteiger partial charge in [-0.15, -0.1) is 0 Å². The maximum absolute atomic E-state index is 6.74. The molecular weight excluding hydrogens is 375 g/mol. The van der Waals surface area contributed by atoms with Crippen molar-refractivity contribution in [1.29, 1.82) is 0 Å². The normalized spacial score (nSPS) is 17.1. The van der Waals surface area contributed by atoms with E-state index in [1.807, 2.05) is 0 Å². The first kappa shape index (κ1) is 22.2. The number of fused-ring (bicyclic) bond motifs is 1. The van der Waals surface area contributed by atoms with Gasteiger partial charge in [0.25, 0.3) is 8.38 Å². The predicted molar refractivity (Wildman–Crippen MR) is 126 cm³/mol. The van der Waals surface area contributed by atoms with Crippen LogP contribution < -0.4 is 9.05 Å². The van der Waals surface area contributed by atoms with Gasteiger partial charge in [-0.3, -0.25) is 0 Å². The summed E-state index contributed by atoms with van der Waals surface area (Å²) in [6, 6.07) is 11.1. The largest absolute Gasteiger partial charge is 0.438 e. The van der Waals surface area contributed by atoms with Crippen LogP contribution in [0.1, 0.15) is 90.1 Å². The Balaban J connectivity index is 2.03. The Bertz CT molecular complexity index is 873. The maximum atomic E-state index is 6.74. The summed E-state index contributed by atoms with van der Waals surface area (Å²) in [6.45, 7) is 22.5. The van der Waals surface area contributed by atoms with E-state index >= 15 is 0 Å². The van der Waals surface area contributed by atoms with Crippen LogP contribution in [0.2, 0.25) is 0 Å². The van der Waals surface area contributed by atoms with Crippen LogP contribution in [0, 0.1) is 6.92 Å². The molecule has 1 heterocycles. The van der Waals surface area contributed by atoms with Crippen molar-refractivity contribution in [3.05, 3.63) is 58.1 Å². The SMILES string of the molecule is Cc1cc(C(C)(C)C)c(OP2Cc3cccc(C(C)(C)C)c3O2)c(C(C)(C)C)c1. The second-order valence-electron chi connectivity index (χ2n) is 11.4. The van der Waals surface area contributed by atoms with Gasteiger partial charge in [-0.2, -0.15) is 0 Å². The molecule has 0 spiro atoms. The molecule has 0 aromatic heterocycles. The van der Waals surface area contributed by atoms with E-state index < -0.39 is 8.38 Å². The van der Waals surface area contributed by atoms with Crippen molar-refractivity contribution in [3.8, 4) is 11.5 Å². The highest BCUT2D eigenvalue weighted by atomic mass is 31.2. The summed E-state index contributed by atoms with van der Waals surface area (Å²) >= 11 is 0. The summed E-state index contributed by atoms with van der Waals surface area (Å²) in [5.74, 6) is 2.06. The fourth-order valence-corrected chi connectivity index (χ4v) is 5.33. The topological polar surface area (TPSA) is 18.5 Å². The van der Waals surface area contributed by atoms with E-state index in [0.29, 0.717) is 0 Å². The molecule has 1 aliphatic rings. The first-order chi connectivity index (χ1) is 13.2. The average molecular weight is 413 g/mol. The second kappa shape index (κ2) is 7.31. The quantitative estimate of drug-likeness (QED) is 0.463. The molecule has 1 unspecified atom stereocenters. The minimum absolute atomic E-state index is 0.000167. The zero-order valence-electron chi connectivity index (χ0n) is 19.9. The highest BCUT2D eigenvalue weighted by molar-refractivity contribution is 7.47. The summed E-state index contributed by atoms with van der Waals surface area (Å²) < 4.78 is 13.2. The number of rotatable bonds is 2. The van der Waals surface area contributed by atoms with Crippen LogP contribution in [0.25, 0.3) is 0 Å². The minimum Gasteiger partial charge on any atom is -0.438 e. The molecule has 0 radical (unpaired) electrons. The van der Waals surface area contributed by atoms with Gasteiger partial charge >= 0.3 is 0 Å². The van der Waals surface area contributed by atoms with Crippen molar-refractivity contribution in [1.82, 2.24) is 0 Å². The molecule has 0 bridgehead atoms. The summed E-state index contributed by atoms with van der Waals surface area (Å²) in [4.78, 5) is 0. The zero-order valence-corrected chi connectivity index (χ0v) is 20.8. The van der Waals surface area contributed by atoms with Gasteiger partial charge in [0.05, 0.1) is 6.16 Å². The number of hydrogen-bond acceptors (Lipinski definition) is 2. The highest BCUT2D eigenvalue weighted by Crippen LogP contribution is 2.56. The molecule has 1 aliphatic heterocycles. The molecule has 2 aromatic carbocycles. The van der Waals surface area contributed by atoms with Crippen LogP contribution in [-0.4, -0.2) is 0 Å². The molecule has 3 heteroatoms. The van der Waals surface area contributed by atoms with Gasteiger partial charge in [-0.05, 0) is 23.2 Å². The van der Waals surface area contributed by atoms with Crippen LogP contribution in [0.3, 0.4) is 0 Å². The fourth-order valence-electron chi connectivity index (χ4n) is 3.82. The lowest BCUT2D eigenvalue weighted by molar-refractivity contribution is 0.455. The minimum atomic E-state index is -1.05. The summed E-state index contributed by atoms with van der Waals surface area (Å²) in [7, 11) is -1.05. The zero-order chi connectivity index (χ0) is 21.8. The molecule has 0 saturated heterocycles. The highest BCUT2D eigenvalue weighted by Gasteiger charge is 2.35. The summed E-state index contributed by atoms with van der Waals surface area (Å²) in [5, 5.41) is 0. The van der Waals surface area contributed by atoms with Crippen molar-refractivity contribution in [2.45, 2.75) is 91.6 Å². The van der Waals surface area contributed by atoms with Crippen LogP contribution in [0.4, 0.5) is 0 Å². The lowest BCUT2D eigenvalue weighted by Crippen LogP contribution is -2.19. The molecule has 158 valence electrons. The van der Waals surface area contributed by atoms with E-state index in [1.54, 1.807) is 0 Å². The molecule has 1 atom stereocenters. The molecule has 0 N–H and O–H groups in total. The van der Waals surface area contributed by atoms with Gasteiger partial charge in [0.1, 0.15) is 11.5 Å². The molecule has 2 nitrogen and oxygen atoms in total. The van der Waals surface area contributed by atoms with Gasteiger partial charge in [0.2, 0.25) is 0 Å². The Hall–Kier alpha value is -1.53. The Kier molecular flexibility index (Phi) is 5.59. The van der Waals surface area contributed by atoms with Gasteiger partial charge in [-0.25, -0.2) is 0 Å². The second-order valence-corrected chi connectivity index (χ2v) is 12.8. The third-order valence-corrected chi connectivity index (χ3v) is 6.81. The Morgan fingerprint density at radius 3 is 1.79 bits per heavy atom. The number of para-hydroxylation sites is 1. The van der Waals surface area contributed by atoms with Crippen molar-refractivity contribution >= 4 is 8.38 Å². The third kappa shape index (κ3) is 4.64. The Morgan fingerprint density at radius 2 is 1.31 bits per heavy atom. The first-order valence-corrected chi connectivity index (χ1v) is 12.0. The van der Waals surface area contributed by atoms with Crippen molar-refractivity contribution in [2.75, 3.05) is 0 Å². The van der Waals surface area contributed by atoms with E-state index in [-0.39, 0.29) is 16.2 Å². The van der Waals surface area contributed by atoms with Gasteiger partial charge in [0.15, 0.2) is 0 Å². The molecule has 0 fully saturated rings. The van der Waals surface area contributed by atoms with E-state index in [9.17, 15) is 0 Å². The molecule has 0 saturated carbocycles. The number of aryl methyl sites for hydroxylation is 1. The molecular formula is C26H37O2P. The van der Waals surface area contributed by atoms with E-state index in [1.165, 1.54) is 27.8 Å². The van der Waals surface area contributed by atoms with Crippen LogP contribution in [0.5, 0.6) is 11.5 Å². The van der Waals surface area contributed by atoms with E-state index in [0.717, 1.165) is 17.7 Å². The molecule has 3 rings (SSSR count). The Labute approximate surface area is 178 Å². The standard InChI is InChI=1S/C26H37O2P/c1-17-14-20(25(5,6)7)23(21(15-17)26(8,9)10)28-29-16-18-12-11-13-19(22(18)27-29)24(2,3)4/h11-15H,16H2,1-10H3. The molecule has 0 amide bonds. The first-order valence-electron chi connectivity index (χ1n) is 10.6. The lowest BCUT2D eigenvalue weighted by Gasteiger charge is -2.31. The van der Waals surface area contributed by atoms with Gasteiger partial charge in [-0.1, -0.05) is 98.2 Å². The monoisotopic (exact) mass is 412 g/mol. The fraction of sp³-hybridized carbons (Fsp3) is 0.538. The predicted octanol–water partition coefficient (Wildman–Crippen LogP) is 8.17. The Morgan fingerprint density at radius 1 is 0.793 bits per heavy atom. The van der Waals surface area contributed by atoms with Crippen LogP contribution >= 0.6 is 8.38 Å². The van der Waals surface area contributed by atoms with Crippen molar-refractivity contribution < 1.29 is 9.05 Å². The van der Waals surface area contributed by atoms with Crippen molar-refractivity contribution in [2.24, 2.45) is 0 Å². The third-order valence-electron chi connectivity index (χ3n) is 5.44. The number of benzene rings is 2. The van der Waals surface area contributed by atoms with E-state index in [2.05, 4.69) is 99.6 Å². The maximum Gasteiger partial charge on any atom is 0.295 e. The molecule has 29 heavy (non-hydrogen) atoms. The van der Waals surface area contributed by atoms with E-state index in [4.69, 9.17) is 9.05 Å². The summed E-state index contributed by atoms with van der Waals surface area (Å²) in [6.07, 6.45) is 0.843. The molecule has 2 aromatic rings. The lowest BCUT2D eigenvalue weighted by atomic mass is 9.78. The molecule has 0 aliphatic carbocycles. The van der Waals surface area contributed by atoms with Crippen LogP contribution in [-0.2, 0) is 22.4 Å².